The van der Waals surface area contributed by atoms with Crippen molar-refractivity contribution in [2.75, 3.05) is 0 Å². The fraction of sp³-hybridized carbons (Fsp3) is 0.375. The highest BCUT2D eigenvalue weighted by Gasteiger charge is 2.36. The maximum atomic E-state index is 4.20. The molecule has 0 fully saturated rings. The van der Waals surface area contributed by atoms with Gasteiger partial charge in [-0.25, -0.2) is 0 Å². The smallest absolute Gasteiger partial charge is 0.0155 e. The molecule has 1 aliphatic carbocycles. The van der Waals surface area contributed by atoms with Crippen molar-refractivity contribution < 1.29 is 0 Å². The molecule has 1 rings (SSSR count). The van der Waals surface area contributed by atoms with Crippen molar-refractivity contribution >= 4 is 0 Å². The number of hydrogen-bond acceptors (Lipinski definition) is 0. The standard InChI is InChI=1S/C16H22/c1-8-11(3)10-15-13(5)12(4)14(9-2)16(15,6)7/h8-10H,2,5H2,1,3-4,6-7H3/b11-8-,15-10+. The van der Waals surface area contributed by atoms with Gasteiger partial charge in [-0.1, -0.05) is 50.8 Å². The summed E-state index contributed by atoms with van der Waals surface area (Å²) in [6, 6.07) is 0. The Labute approximate surface area is 99.8 Å². The van der Waals surface area contributed by atoms with Crippen molar-refractivity contribution in [1.82, 2.24) is 0 Å². The summed E-state index contributed by atoms with van der Waals surface area (Å²) in [5.74, 6) is 0. The van der Waals surface area contributed by atoms with Crippen molar-refractivity contribution in [2.45, 2.75) is 34.6 Å². The summed E-state index contributed by atoms with van der Waals surface area (Å²) in [4.78, 5) is 0. The van der Waals surface area contributed by atoms with Gasteiger partial charge in [-0.3, -0.25) is 0 Å². The van der Waals surface area contributed by atoms with Crippen LogP contribution in [0.15, 0.2) is 59.3 Å². The van der Waals surface area contributed by atoms with E-state index in [-0.39, 0.29) is 5.41 Å². The third kappa shape index (κ3) is 1.84. The number of rotatable bonds is 2. The highest BCUT2D eigenvalue weighted by Crippen LogP contribution is 2.49. The van der Waals surface area contributed by atoms with Gasteiger partial charge in [0.1, 0.15) is 0 Å². The van der Waals surface area contributed by atoms with Gasteiger partial charge in [-0.2, -0.15) is 0 Å². The SMILES string of the molecule is C=CC1=C(C)C(=C)/C(=C\C(C)=C/C)C1(C)C. The Kier molecular flexibility index (Phi) is 3.42. The van der Waals surface area contributed by atoms with Crippen molar-refractivity contribution in [3.8, 4) is 0 Å². The van der Waals surface area contributed by atoms with Crippen LogP contribution in [0, 0.1) is 5.41 Å². The molecule has 0 N–H and O–H groups in total. The second-order valence-corrected chi connectivity index (χ2v) is 4.94. The lowest BCUT2D eigenvalue weighted by atomic mass is 9.80. The Morgan fingerprint density at radius 2 is 1.88 bits per heavy atom. The first-order chi connectivity index (χ1) is 7.36. The van der Waals surface area contributed by atoms with Crippen molar-refractivity contribution in [3.05, 3.63) is 59.3 Å². The Morgan fingerprint density at radius 1 is 1.31 bits per heavy atom. The first kappa shape index (κ1) is 12.8. The van der Waals surface area contributed by atoms with Crippen molar-refractivity contribution in [3.63, 3.8) is 0 Å². The van der Waals surface area contributed by atoms with Crippen LogP contribution in [0.1, 0.15) is 34.6 Å². The lowest BCUT2D eigenvalue weighted by Crippen LogP contribution is -2.12. The Bertz CT molecular complexity index is 423. The maximum absolute atomic E-state index is 4.20. The minimum Gasteiger partial charge on any atom is -0.0987 e. The molecule has 1 aliphatic rings. The van der Waals surface area contributed by atoms with Crippen LogP contribution in [0.4, 0.5) is 0 Å². The molecule has 0 heteroatoms. The van der Waals surface area contributed by atoms with E-state index in [0.717, 1.165) is 5.57 Å². The molecule has 0 atom stereocenters. The van der Waals surface area contributed by atoms with E-state index >= 15 is 0 Å². The van der Waals surface area contributed by atoms with Gasteiger partial charge in [-0.15, -0.1) is 0 Å². The summed E-state index contributed by atoms with van der Waals surface area (Å²) in [5, 5.41) is 0. The van der Waals surface area contributed by atoms with E-state index < -0.39 is 0 Å². The molecular formula is C16H22. The summed E-state index contributed by atoms with van der Waals surface area (Å²) < 4.78 is 0. The van der Waals surface area contributed by atoms with Crippen LogP contribution in [-0.4, -0.2) is 0 Å². The predicted molar refractivity (Wildman–Crippen MR) is 73.3 cm³/mol. The molecule has 0 aromatic rings. The molecule has 0 spiro atoms. The Morgan fingerprint density at radius 3 is 2.25 bits per heavy atom. The second-order valence-electron chi connectivity index (χ2n) is 4.94. The monoisotopic (exact) mass is 214 g/mol. The van der Waals surface area contributed by atoms with E-state index in [1.54, 1.807) is 0 Å². The molecule has 0 aromatic carbocycles. The normalized spacial score (nSPS) is 23.2. The summed E-state index contributed by atoms with van der Waals surface area (Å²) in [6.07, 6.45) is 6.33. The van der Waals surface area contributed by atoms with Gasteiger partial charge in [0.25, 0.3) is 0 Å². The minimum atomic E-state index is 0.0349. The van der Waals surface area contributed by atoms with Crippen LogP contribution in [0.3, 0.4) is 0 Å². The third-order valence-electron chi connectivity index (χ3n) is 3.56. The zero-order chi connectivity index (χ0) is 12.5. The quantitative estimate of drug-likeness (QED) is 0.608. The van der Waals surface area contributed by atoms with Crippen LogP contribution < -0.4 is 0 Å². The summed E-state index contributed by atoms with van der Waals surface area (Å²) >= 11 is 0. The number of hydrogen-bond donors (Lipinski definition) is 0. The minimum absolute atomic E-state index is 0.0349. The van der Waals surface area contributed by atoms with Gasteiger partial charge >= 0.3 is 0 Å². The fourth-order valence-electron chi connectivity index (χ4n) is 2.34. The lowest BCUT2D eigenvalue weighted by Gasteiger charge is -2.23. The zero-order valence-corrected chi connectivity index (χ0v) is 11.1. The Balaban J connectivity index is 3.36. The van der Waals surface area contributed by atoms with Gasteiger partial charge < -0.3 is 0 Å². The topological polar surface area (TPSA) is 0 Å². The van der Waals surface area contributed by atoms with E-state index in [1.165, 1.54) is 22.3 Å². The largest absolute Gasteiger partial charge is 0.0987 e. The van der Waals surface area contributed by atoms with Crippen LogP contribution in [0.5, 0.6) is 0 Å². The van der Waals surface area contributed by atoms with Gasteiger partial charge in [0.2, 0.25) is 0 Å². The summed E-state index contributed by atoms with van der Waals surface area (Å²) in [6.45, 7) is 18.9. The third-order valence-corrected chi connectivity index (χ3v) is 3.56. The van der Waals surface area contributed by atoms with E-state index in [0.29, 0.717) is 0 Å². The first-order valence-corrected chi connectivity index (χ1v) is 5.74. The molecule has 0 saturated heterocycles. The maximum Gasteiger partial charge on any atom is 0.0155 e. The first-order valence-electron chi connectivity index (χ1n) is 5.74. The highest BCUT2D eigenvalue weighted by molar-refractivity contribution is 5.63. The molecule has 0 aliphatic heterocycles. The zero-order valence-electron chi connectivity index (χ0n) is 11.1. The molecular weight excluding hydrogens is 192 g/mol. The van der Waals surface area contributed by atoms with Gasteiger partial charge in [0.05, 0.1) is 0 Å². The molecule has 0 amide bonds. The molecule has 16 heavy (non-hydrogen) atoms. The molecule has 86 valence electrons. The van der Waals surface area contributed by atoms with E-state index in [1.807, 2.05) is 6.08 Å². The molecule has 0 unspecified atom stereocenters. The lowest BCUT2D eigenvalue weighted by molar-refractivity contribution is 0.578. The molecule has 0 heterocycles. The molecule has 0 aromatic heterocycles. The van der Waals surface area contributed by atoms with E-state index in [2.05, 4.69) is 59.9 Å². The molecule has 0 radical (unpaired) electrons. The van der Waals surface area contributed by atoms with Crippen LogP contribution in [0.2, 0.25) is 0 Å². The van der Waals surface area contributed by atoms with E-state index in [4.69, 9.17) is 0 Å². The van der Waals surface area contributed by atoms with Gasteiger partial charge in [0.15, 0.2) is 0 Å². The number of allylic oxidation sites excluding steroid dienone is 8. The van der Waals surface area contributed by atoms with Crippen molar-refractivity contribution in [1.29, 1.82) is 0 Å². The molecule has 0 saturated carbocycles. The highest BCUT2D eigenvalue weighted by atomic mass is 14.4. The predicted octanol–water partition coefficient (Wildman–Crippen LogP) is 4.98. The van der Waals surface area contributed by atoms with Crippen LogP contribution in [0.25, 0.3) is 0 Å². The molecule has 0 bridgehead atoms. The second kappa shape index (κ2) is 4.29. The van der Waals surface area contributed by atoms with Gasteiger partial charge in [-0.05, 0) is 43.1 Å². The van der Waals surface area contributed by atoms with Crippen molar-refractivity contribution in [2.24, 2.45) is 5.41 Å². The van der Waals surface area contributed by atoms with Gasteiger partial charge in [0, 0.05) is 5.41 Å². The summed E-state index contributed by atoms with van der Waals surface area (Å²) in [7, 11) is 0. The average molecular weight is 214 g/mol. The summed E-state index contributed by atoms with van der Waals surface area (Å²) in [5.41, 5.74) is 6.36. The van der Waals surface area contributed by atoms with E-state index in [9.17, 15) is 0 Å². The van der Waals surface area contributed by atoms with Crippen LogP contribution in [-0.2, 0) is 0 Å². The average Bonchev–Trinajstić information content (AvgIpc) is 2.38. The fourth-order valence-corrected chi connectivity index (χ4v) is 2.34. The Hall–Kier alpha value is -1.30. The van der Waals surface area contributed by atoms with Crippen LogP contribution >= 0.6 is 0 Å². The molecule has 0 nitrogen and oxygen atoms in total.